The van der Waals surface area contributed by atoms with Gasteiger partial charge in [0, 0.05) is 6.61 Å². The van der Waals surface area contributed by atoms with Crippen LogP contribution in [0.4, 0.5) is 0 Å². The Labute approximate surface area is 120 Å². The first-order valence-electron chi connectivity index (χ1n) is 8.32. The van der Waals surface area contributed by atoms with Gasteiger partial charge < -0.3 is 5.11 Å². The molecule has 0 amide bonds. The minimum atomic E-state index is 0.358. The summed E-state index contributed by atoms with van der Waals surface area (Å²) in [6.45, 7) is 2.54. The van der Waals surface area contributed by atoms with E-state index in [1.54, 1.807) is 0 Å². The molecule has 0 unspecified atom stereocenters. The Morgan fingerprint density at radius 1 is 0.579 bits per heavy atom. The number of rotatable bonds is 14. The molecule has 0 aromatic rings. The molecule has 0 aromatic heterocycles. The zero-order valence-electron chi connectivity index (χ0n) is 12.9. The molecule has 0 atom stereocenters. The average molecular weight is 266 g/mol. The van der Waals surface area contributed by atoms with E-state index in [9.17, 15) is 0 Å². The molecule has 0 fully saturated rings. The SMILES string of the molecule is CC/C=C\CCCC/C=C\CCCCCCCCO. The van der Waals surface area contributed by atoms with Gasteiger partial charge in [-0.25, -0.2) is 0 Å². The van der Waals surface area contributed by atoms with Crippen LogP contribution in [0, 0.1) is 0 Å². The predicted octanol–water partition coefficient (Wildman–Crippen LogP) is 5.79. The number of aliphatic hydroxyl groups is 1. The van der Waals surface area contributed by atoms with Crippen LogP contribution < -0.4 is 0 Å². The van der Waals surface area contributed by atoms with Crippen LogP contribution in [0.5, 0.6) is 0 Å². The number of unbranched alkanes of at least 4 members (excludes halogenated alkanes) is 9. The summed E-state index contributed by atoms with van der Waals surface area (Å²) in [6.07, 6.45) is 24.3. The quantitative estimate of drug-likeness (QED) is 0.311. The van der Waals surface area contributed by atoms with Gasteiger partial charge >= 0.3 is 0 Å². The molecule has 0 aliphatic heterocycles. The van der Waals surface area contributed by atoms with Crippen LogP contribution in [0.1, 0.15) is 84.0 Å². The smallest absolute Gasteiger partial charge is 0.0431 e. The van der Waals surface area contributed by atoms with Crippen LogP contribution >= 0.6 is 0 Å². The summed E-state index contributed by atoms with van der Waals surface area (Å²) in [5, 5.41) is 8.66. The minimum Gasteiger partial charge on any atom is -0.396 e. The molecular formula is C18H34O. The Balaban J connectivity index is 3.07. The highest BCUT2D eigenvalue weighted by molar-refractivity contribution is 4.83. The van der Waals surface area contributed by atoms with Crippen molar-refractivity contribution >= 4 is 0 Å². The van der Waals surface area contributed by atoms with Gasteiger partial charge in [-0.3, -0.25) is 0 Å². The first-order valence-corrected chi connectivity index (χ1v) is 8.32. The summed E-state index contributed by atoms with van der Waals surface area (Å²) in [5.74, 6) is 0. The molecule has 112 valence electrons. The maximum absolute atomic E-state index is 8.66. The number of allylic oxidation sites excluding steroid dienone is 4. The topological polar surface area (TPSA) is 20.2 Å². The lowest BCUT2D eigenvalue weighted by Crippen LogP contribution is -1.83. The van der Waals surface area contributed by atoms with Crippen molar-refractivity contribution in [1.29, 1.82) is 0 Å². The lowest BCUT2D eigenvalue weighted by molar-refractivity contribution is 0.282. The summed E-state index contributed by atoms with van der Waals surface area (Å²) in [5.41, 5.74) is 0. The fourth-order valence-electron chi connectivity index (χ4n) is 2.13. The third-order valence-corrected chi connectivity index (χ3v) is 3.34. The van der Waals surface area contributed by atoms with Crippen LogP contribution in [-0.4, -0.2) is 11.7 Å². The molecule has 0 heterocycles. The van der Waals surface area contributed by atoms with E-state index in [-0.39, 0.29) is 0 Å². The van der Waals surface area contributed by atoms with Crippen molar-refractivity contribution in [3.8, 4) is 0 Å². The third-order valence-electron chi connectivity index (χ3n) is 3.34. The highest BCUT2D eigenvalue weighted by Crippen LogP contribution is 2.08. The Kier molecular flexibility index (Phi) is 16.9. The average Bonchev–Trinajstić information content (AvgIpc) is 2.43. The van der Waals surface area contributed by atoms with Gasteiger partial charge in [-0.05, 0) is 51.4 Å². The maximum atomic E-state index is 8.66. The normalized spacial score (nSPS) is 11.9. The highest BCUT2D eigenvalue weighted by Gasteiger charge is 1.89. The molecule has 0 radical (unpaired) electrons. The minimum absolute atomic E-state index is 0.358. The molecule has 0 spiro atoms. The zero-order valence-corrected chi connectivity index (χ0v) is 12.9. The van der Waals surface area contributed by atoms with E-state index in [1.165, 1.54) is 70.6 Å². The molecule has 19 heavy (non-hydrogen) atoms. The Morgan fingerprint density at radius 2 is 1.00 bits per heavy atom. The summed E-state index contributed by atoms with van der Waals surface area (Å²) >= 11 is 0. The van der Waals surface area contributed by atoms with E-state index in [2.05, 4.69) is 31.2 Å². The van der Waals surface area contributed by atoms with Crippen LogP contribution in [0.25, 0.3) is 0 Å². The van der Waals surface area contributed by atoms with Crippen molar-refractivity contribution in [2.45, 2.75) is 84.0 Å². The van der Waals surface area contributed by atoms with Crippen molar-refractivity contribution in [3.63, 3.8) is 0 Å². The molecule has 0 aliphatic carbocycles. The number of hydrogen-bond acceptors (Lipinski definition) is 1. The van der Waals surface area contributed by atoms with E-state index in [4.69, 9.17) is 5.11 Å². The van der Waals surface area contributed by atoms with Crippen molar-refractivity contribution in [3.05, 3.63) is 24.3 Å². The third kappa shape index (κ3) is 17.4. The first-order chi connectivity index (χ1) is 9.41. The van der Waals surface area contributed by atoms with Crippen LogP contribution in [0.3, 0.4) is 0 Å². The lowest BCUT2D eigenvalue weighted by atomic mass is 10.1. The molecule has 1 heteroatoms. The molecule has 1 nitrogen and oxygen atoms in total. The Morgan fingerprint density at radius 3 is 1.53 bits per heavy atom. The predicted molar refractivity (Wildman–Crippen MR) is 86.4 cm³/mol. The summed E-state index contributed by atoms with van der Waals surface area (Å²) in [6, 6.07) is 0. The first kappa shape index (κ1) is 18.4. The van der Waals surface area contributed by atoms with Crippen LogP contribution in [0.15, 0.2) is 24.3 Å². The van der Waals surface area contributed by atoms with E-state index >= 15 is 0 Å². The van der Waals surface area contributed by atoms with Crippen molar-refractivity contribution in [2.75, 3.05) is 6.61 Å². The molecule has 0 bridgehead atoms. The summed E-state index contributed by atoms with van der Waals surface area (Å²) in [4.78, 5) is 0. The van der Waals surface area contributed by atoms with Crippen molar-refractivity contribution in [2.24, 2.45) is 0 Å². The number of aliphatic hydroxyl groups excluding tert-OH is 1. The fourth-order valence-corrected chi connectivity index (χ4v) is 2.13. The van der Waals surface area contributed by atoms with Gasteiger partial charge in [0.05, 0.1) is 0 Å². The van der Waals surface area contributed by atoms with E-state index in [1.807, 2.05) is 0 Å². The molecule has 0 saturated heterocycles. The monoisotopic (exact) mass is 266 g/mol. The van der Waals surface area contributed by atoms with Gasteiger partial charge in [0.2, 0.25) is 0 Å². The molecule has 0 aromatic carbocycles. The second-order valence-electron chi connectivity index (χ2n) is 5.27. The van der Waals surface area contributed by atoms with Gasteiger partial charge in [0.1, 0.15) is 0 Å². The van der Waals surface area contributed by atoms with Crippen molar-refractivity contribution < 1.29 is 5.11 Å². The van der Waals surface area contributed by atoms with E-state index in [0.29, 0.717) is 6.61 Å². The van der Waals surface area contributed by atoms with Crippen LogP contribution in [-0.2, 0) is 0 Å². The van der Waals surface area contributed by atoms with Gasteiger partial charge in [-0.15, -0.1) is 0 Å². The molecule has 0 rings (SSSR count). The van der Waals surface area contributed by atoms with Gasteiger partial charge in [0.15, 0.2) is 0 Å². The molecule has 1 N–H and O–H groups in total. The summed E-state index contributed by atoms with van der Waals surface area (Å²) in [7, 11) is 0. The zero-order chi connectivity index (χ0) is 14.0. The number of hydrogen-bond donors (Lipinski definition) is 1. The van der Waals surface area contributed by atoms with Crippen LogP contribution in [0.2, 0.25) is 0 Å². The second kappa shape index (κ2) is 17.4. The highest BCUT2D eigenvalue weighted by atomic mass is 16.2. The lowest BCUT2D eigenvalue weighted by Gasteiger charge is -1.98. The maximum Gasteiger partial charge on any atom is 0.0431 e. The molecule has 0 saturated carbocycles. The van der Waals surface area contributed by atoms with Gasteiger partial charge in [0.25, 0.3) is 0 Å². The Hall–Kier alpha value is -0.560. The van der Waals surface area contributed by atoms with E-state index in [0.717, 1.165) is 6.42 Å². The van der Waals surface area contributed by atoms with Crippen molar-refractivity contribution in [1.82, 2.24) is 0 Å². The fraction of sp³-hybridized carbons (Fsp3) is 0.778. The summed E-state index contributed by atoms with van der Waals surface area (Å²) < 4.78 is 0. The van der Waals surface area contributed by atoms with Gasteiger partial charge in [-0.2, -0.15) is 0 Å². The molecule has 0 aliphatic rings. The van der Waals surface area contributed by atoms with E-state index < -0.39 is 0 Å². The van der Waals surface area contributed by atoms with Gasteiger partial charge in [-0.1, -0.05) is 56.9 Å². The standard InChI is InChI=1S/C18H34O/c1-2-3-4-5-6-7-8-9-10-11-12-13-14-15-16-17-18-19/h3-4,9-10,19H,2,5-8,11-18H2,1H3/b4-3-,10-9-. The molecular weight excluding hydrogens is 232 g/mol. The second-order valence-corrected chi connectivity index (χ2v) is 5.27. The Bertz CT molecular complexity index is 206. The largest absolute Gasteiger partial charge is 0.396 e.